The average Bonchev–Trinajstić information content (AvgIpc) is 2.20. The first kappa shape index (κ1) is 11.8. The van der Waals surface area contributed by atoms with Crippen molar-refractivity contribution < 1.29 is 18.3 Å². The van der Waals surface area contributed by atoms with Crippen molar-refractivity contribution in [2.24, 2.45) is 0 Å². The molecule has 1 heterocycles. The van der Waals surface area contributed by atoms with E-state index in [1.807, 2.05) is 4.98 Å². The molecule has 1 rings (SSSR count). The number of methoxy groups -OCH3 is 1. The maximum absolute atomic E-state index is 12.4. The van der Waals surface area contributed by atoms with Gasteiger partial charge in [0.1, 0.15) is 0 Å². The van der Waals surface area contributed by atoms with Crippen molar-refractivity contribution in [1.82, 2.24) is 4.98 Å². The van der Waals surface area contributed by atoms with Crippen molar-refractivity contribution in [2.45, 2.75) is 6.43 Å². The molecule has 7 heteroatoms. The molecule has 0 spiro atoms. The van der Waals surface area contributed by atoms with Crippen LogP contribution in [0.5, 0.6) is 0 Å². The Kier molecular flexibility index (Phi) is 3.57. The van der Waals surface area contributed by atoms with E-state index in [4.69, 9.17) is 0 Å². The van der Waals surface area contributed by atoms with Gasteiger partial charge in [-0.2, -0.15) is 0 Å². The zero-order valence-corrected chi connectivity index (χ0v) is 9.10. The molecule has 0 radical (unpaired) electrons. The van der Waals surface area contributed by atoms with E-state index in [2.05, 4.69) is 20.7 Å². The smallest absolute Gasteiger partial charge is 0.339 e. The second-order valence-electron chi connectivity index (χ2n) is 2.57. The van der Waals surface area contributed by atoms with Crippen molar-refractivity contribution in [3.8, 4) is 0 Å². The first-order valence-electron chi connectivity index (χ1n) is 3.76. The van der Waals surface area contributed by atoms with Gasteiger partial charge in [0.2, 0.25) is 0 Å². The molecule has 1 aromatic rings. The van der Waals surface area contributed by atoms with Gasteiger partial charge < -0.3 is 9.72 Å². The number of ether oxygens (including phenoxy) is 1. The third kappa shape index (κ3) is 2.41. The summed E-state index contributed by atoms with van der Waals surface area (Å²) in [6.07, 6.45) is -2.94. The van der Waals surface area contributed by atoms with Crippen LogP contribution in [-0.2, 0) is 4.74 Å². The molecule has 0 saturated heterocycles. The Morgan fingerprint density at radius 1 is 1.60 bits per heavy atom. The molecular formula is C8H6BrF2NO3. The zero-order chi connectivity index (χ0) is 11.6. The number of rotatable bonds is 2. The summed E-state index contributed by atoms with van der Waals surface area (Å²) < 4.78 is 29.2. The number of halogens is 3. The first-order chi connectivity index (χ1) is 6.97. The van der Waals surface area contributed by atoms with Crippen LogP contribution >= 0.6 is 15.9 Å². The molecule has 0 aliphatic heterocycles. The number of H-pyrrole nitrogens is 1. The highest BCUT2D eigenvalue weighted by molar-refractivity contribution is 9.10. The lowest BCUT2D eigenvalue weighted by atomic mass is 10.2. The SMILES string of the molecule is COC(=O)c1cc(Br)c(=O)[nH]c1C(F)F. The van der Waals surface area contributed by atoms with E-state index in [0.717, 1.165) is 13.2 Å². The van der Waals surface area contributed by atoms with Gasteiger partial charge in [-0.3, -0.25) is 4.79 Å². The minimum atomic E-state index is -2.94. The third-order valence-electron chi connectivity index (χ3n) is 1.65. The number of aromatic nitrogens is 1. The first-order valence-corrected chi connectivity index (χ1v) is 4.56. The lowest BCUT2D eigenvalue weighted by Gasteiger charge is -2.06. The molecule has 0 bridgehead atoms. The van der Waals surface area contributed by atoms with E-state index in [-0.39, 0.29) is 10.0 Å². The van der Waals surface area contributed by atoms with Crippen LogP contribution in [0.4, 0.5) is 8.78 Å². The average molecular weight is 282 g/mol. The number of carbonyl (C=O) groups is 1. The van der Waals surface area contributed by atoms with E-state index < -0.39 is 23.6 Å². The van der Waals surface area contributed by atoms with Crippen LogP contribution in [0.25, 0.3) is 0 Å². The number of alkyl halides is 2. The second kappa shape index (κ2) is 4.52. The third-order valence-corrected chi connectivity index (χ3v) is 2.24. The molecule has 1 aromatic heterocycles. The Bertz CT molecular complexity index is 444. The number of hydrogen-bond acceptors (Lipinski definition) is 3. The van der Waals surface area contributed by atoms with Crippen LogP contribution in [-0.4, -0.2) is 18.1 Å². The van der Waals surface area contributed by atoms with Gasteiger partial charge in [0.05, 0.1) is 22.8 Å². The van der Waals surface area contributed by atoms with Gasteiger partial charge >= 0.3 is 5.97 Å². The number of carbonyl (C=O) groups excluding carboxylic acids is 1. The predicted molar refractivity (Wildman–Crippen MR) is 51.1 cm³/mol. The minimum Gasteiger partial charge on any atom is -0.465 e. The highest BCUT2D eigenvalue weighted by Crippen LogP contribution is 2.21. The molecule has 0 aliphatic carbocycles. The summed E-state index contributed by atoms with van der Waals surface area (Å²) >= 11 is 2.83. The minimum absolute atomic E-state index is 0.00713. The summed E-state index contributed by atoms with van der Waals surface area (Å²) in [5.74, 6) is -0.928. The van der Waals surface area contributed by atoms with Crippen LogP contribution in [0.3, 0.4) is 0 Å². The fraction of sp³-hybridized carbons (Fsp3) is 0.250. The van der Waals surface area contributed by atoms with Gasteiger partial charge in [-0.1, -0.05) is 0 Å². The number of aromatic amines is 1. The van der Waals surface area contributed by atoms with Crippen LogP contribution in [0.2, 0.25) is 0 Å². The normalized spacial score (nSPS) is 10.5. The highest BCUT2D eigenvalue weighted by Gasteiger charge is 2.21. The molecule has 0 unspecified atom stereocenters. The van der Waals surface area contributed by atoms with Gasteiger partial charge in [-0.25, -0.2) is 13.6 Å². The fourth-order valence-electron chi connectivity index (χ4n) is 0.970. The van der Waals surface area contributed by atoms with E-state index in [1.165, 1.54) is 0 Å². The quantitative estimate of drug-likeness (QED) is 0.842. The predicted octanol–water partition coefficient (Wildman–Crippen LogP) is 1.86. The summed E-state index contributed by atoms with van der Waals surface area (Å²) in [5.41, 5.74) is -1.83. The van der Waals surface area contributed by atoms with E-state index in [0.29, 0.717) is 0 Å². The molecule has 0 aromatic carbocycles. The molecule has 0 saturated carbocycles. The largest absolute Gasteiger partial charge is 0.465 e. The summed E-state index contributed by atoms with van der Waals surface area (Å²) in [7, 11) is 1.07. The molecule has 0 aliphatic rings. The number of hydrogen-bond donors (Lipinski definition) is 1. The molecule has 82 valence electrons. The Hall–Kier alpha value is -1.24. The van der Waals surface area contributed by atoms with Gasteiger partial charge in [0.25, 0.3) is 12.0 Å². The van der Waals surface area contributed by atoms with Crippen LogP contribution in [0.15, 0.2) is 15.3 Å². The van der Waals surface area contributed by atoms with E-state index >= 15 is 0 Å². The number of esters is 1. The summed E-state index contributed by atoms with van der Waals surface area (Å²) in [4.78, 5) is 24.0. The molecule has 15 heavy (non-hydrogen) atoms. The van der Waals surface area contributed by atoms with E-state index in [1.54, 1.807) is 0 Å². The molecule has 0 fully saturated rings. The monoisotopic (exact) mass is 281 g/mol. The maximum atomic E-state index is 12.4. The molecular weight excluding hydrogens is 276 g/mol. The van der Waals surface area contributed by atoms with Crippen molar-refractivity contribution >= 4 is 21.9 Å². The summed E-state index contributed by atoms with van der Waals surface area (Å²) in [6.45, 7) is 0. The Morgan fingerprint density at radius 3 is 2.67 bits per heavy atom. The second-order valence-corrected chi connectivity index (χ2v) is 3.42. The highest BCUT2D eigenvalue weighted by atomic mass is 79.9. The molecule has 0 atom stereocenters. The lowest BCUT2D eigenvalue weighted by molar-refractivity contribution is 0.0587. The molecule has 0 amide bonds. The summed E-state index contributed by atoms with van der Waals surface area (Å²) in [6, 6.07) is 1.01. The number of pyridine rings is 1. The Balaban J connectivity index is 3.41. The standard InChI is InChI=1S/C8H6BrF2NO3/c1-15-8(14)3-2-4(9)7(13)12-5(3)6(10)11/h2,6H,1H3,(H,12,13). The van der Waals surface area contributed by atoms with Gasteiger partial charge in [0.15, 0.2) is 0 Å². The topological polar surface area (TPSA) is 59.2 Å². The van der Waals surface area contributed by atoms with Gasteiger partial charge in [-0.15, -0.1) is 0 Å². The Morgan fingerprint density at radius 2 is 2.20 bits per heavy atom. The van der Waals surface area contributed by atoms with Crippen molar-refractivity contribution in [3.63, 3.8) is 0 Å². The van der Waals surface area contributed by atoms with Crippen LogP contribution < -0.4 is 5.56 Å². The van der Waals surface area contributed by atoms with Crippen molar-refractivity contribution in [3.05, 3.63) is 32.2 Å². The van der Waals surface area contributed by atoms with Crippen molar-refractivity contribution in [2.75, 3.05) is 7.11 Å². The summed E-state index contributed by atoms with van der Waals surface area (Å²) in [5, 5.41) is 0. The zero-order valence-electron chi connectivity index (χ0n) is 7.51. The fourth-order valence-corrected chi connectivity index (χ4v) is 1.30. The van der Waals surface area contributed by atoms with Gasteiger partial charge in [-0.05, 0) is 22.0 Å². The number of nitrogens with one attached hydrogen (secondary N) is 1. The molecule has 1 N–H and O–H groups in total. The maximum Gasteiger partial charge on any atom is 0.339 e. The van der Waals surface area contributed by atoms with E-state index in [9.17, 15) is 18.4 Å². The van der Waals surface area contributed by atoms with Crippen LogP contribution in [0.1, 0.15) is 22.5 Å². The van der Waals surface area contributed by atoms with Crippen molar-refractivity contribution in [1.29, 1.82) is 0 Å². The van der Waals surface area contributed by atoms with Gasteiger partial charge in [0, 0.05) is 0 Å². The lowest BCUT2D eigenvalue weighted by Crippen LogP contribution is -2.16. The van der Waals surface area contributed by atoms with Crippen LogP contribution in [0, 0.1) is 0 Å². The molecule has 4 nitrogen and oxygen atoms in total. The Labute approximate surface area is 91.4 Å².